The second-order valence-electron chi connectivity index (χ2n) is 3.87. The van der Waals surface area contributed by atoms with Gasteiger partial charge in [0.05, 0.1) is 12.7 Å². The highest BCUT2D eigenvalue weighted by molar-refractivity contribution is 5.78. The van der Waals surface area contributed by atoms with Crippen molar-refractivity contribution in [1.82, 2.24) is 0 Å². The van der Waals surface area contributed by atoms with Gasteiger partial charge < -0.3 is 9.84 Å². The molecule has 2 nitrogen and oxygen atoms in total. The lowest BCUT2D eigenvalue weighted by Crippen LogP contribution is -1.94. The summed E-state index contributed by atoms with van der Waals surface area (Å²) in [6.07, 6.45) is 0.878. The summed E-state index contributed by atoms with van der Waals surface area (Å²) in [7, 11) is 1.64. The van der Waals surface area contributed by atoms with Crippen LogP contribution in [0.3, 0.4) is 0 Å². The second-order valence-corrected chi connectivity index (χ2v) is 3.87. The third-order valence-corrected chi connectivity index (χ3v) is 2.86. The maximum atomic E-state index is 10.0. The van der Waals surface area contributed by atoms with Gasteiger partial charge in [0.1, 0.15) is 11.5 Å². The Kier molecular flexibility index (Phi) is 3.33. The van der Waals surface area contributed by atoms with Crippen molar-refractivity contribution in [2.45, 2.75) is 13.3 Å². The minimum Gasteiger partial charge on any atom is -0.507 e. The molecule has 0 aromatic heterocycles. The van der Waals surface area contributed by atoms with E-state index in [9.17, 15) is 5.11 Å². The Morgan fingerprint density at radius 3 is 2.35 bits per heavy atom. The standard InChI is InChI=1S/C15H16O2/c1-3-11-9-10-13(16)14(15(11)17-2)12-7-5-4-6-8-12/h4-10,16H,3H2,1-2H3. The fourth-order valence-corrected chi connectivity index (χ4v) is 2.01. The first-order valence-electron chi connectivity index (χ1n) is 5.72. The van der Waals surface area contributed by atoms with Crippen LogP contribution in [0, 0.1) is 0 Å². The van der Waals surface area contributed by atoms with Crippen molar-refractivity contribution in [3.8, 4) is 22.6 Å². The highest BCUT2D eigenvalue weighted by Crippen LogP contribution is 2.40. The van der Waals surface area contributed by atoms with Gasteiger partial charge in [-0.05, 0) is 23.6 Å². The van der Waals surface area contributed by atoms with Crippen molar-refractivity contribution >= 4 is 0 Å². The zero-order valence-electron chi connectivity index (χ0n) is 10.1. The van der Waals surface area contributed by atoms with Crippen LogP contribution < -0.4 is 4.74 Å². The van der Waals surface area contributed by atoms with Crippen molar-refractivity contribution < 1.29 is 9.84 Å². The lowest BCUT2D eigenvalue weighted by Gasteiger charge is -2.14. The first-order chi connectivity index (χ1) is 8.27. The predicted molar refractivity (Wildman–Crippen MR) is 69.5 cm³/mol. The molecule has 0 aliphatic heterocycles. The third-order valence-electron chi connectivity index (χ3n) is 2.86. The number of methoxy groups -OCH3 is 1. The van der Waals surface area contributed by atoms with Crippen LogP contribution >= 0.6 is 0 Å². The number of aromatic hydroxyl groups is 1. The molecule has 1 N–H and O–H groups in total. The van der Waals surface area contributed by atoms with Crippen LogP contribution in [-0.2, 0) is 6.42 Å². The molecule has 0 saturated heterocycles. The first-order valence-corrected chi connectivity index (χ1v) is 5.72. The molecule has 0 atom stereocenters. The van der Waals surface area contributed by atoms with E-state index in [0.717, 1.165) is 28.9 Å². The molecule has 0 bridgehead atoms. The zero-order chi connectivity index (χ0) is 12.3. The molecule has 0 radical (unpaired) electrons. The lowest BCUT2D eigenvalue weighted by molar-refractivity contribution is 0.405. The van der Waals surface area contributed by atoms with Crippen molar-refractivity contribution in [1.29, 1.82) is 0 Å². The van der Waals surface area contributed by atoms with E-state index in [1.165, 1.54) is 0 Å². The minimum absolute atomic E-state index is 0.255. The summed E-state index contributed by atoms with van der Waals surface area (Å²) in [5.74, 6) is 1.02. The number of hydrogen-bond acceptors (Lipinski definition) is 2. The normalized spacial score (nSPS) is 10.2. The van der Waals surface area contributed by atoms with Gasteiger partial charge >= 0.3 is 0 Å². The van der Waals surface area contributed by atoms with Crippen LogP contribution in [-0.4, -0.2) is 12.2 Å². The van der Waals surface area contributed by atoms with Gasteiger partial charge in [0.2, 0.25) is 0 Å². The Balaban J connectivity index is 2.67. The van der Waals surface area contributed by atoms with Crippen LogP contribution in [0.15, 0.2) is 42.5 Å². The molecule has 2 heteroatoms. The molecular formula is C15H16O2. The molecule has 17 heavy (non-hydrogen) atoms. The van der Waals surface area contributed by atoms with Crippen molar-refractivity contribution in [2.24, 2.45) is 0 Å². The summed E-state index contributed by atoms with van der Waals surface area (Å²) in [5.41, 5.74) is 2.84. The molecular weight excluding hydrogens is 212 g/mol. The Morgan fingerprint density at radius 1 is 1.06 bits per heavy atom. The Bertz CT molecular complexity index is 504. The highest BCUT2D eigenvalue weighted by Gasteiger charge is 2.14. The van der Waals surface area contributed by atoms with Gasteiger partial charge in [-0.2, -0.15) is 0 Å². The quantitative estimate of drug-likeness (QED) is 0.869. The lowest BCUT2D eigenvalue weighted by atomic mass is 9.99. The van der Waals surface area contributed by atoms with E-state index in [-0.39, 0.29) is 5.75 Å². The maximum Gasteiger partial charge on any atom is 0.133 e. The molecule has 0 fully saturated rings. The number of aryl methyl sites for hydroxylation is 1. The van der Waals surface area contributed by atoms with Crippen molar-refractivity contribution in [3.05, 3.63) is 48.0 Å². The summed E-state index contributed by atoms with van der Waals surface area (Å²) >= 11 is 0. The topological polar surface area (TPSA) is 29.5 Å². The monoisotopic (exact) mass is 228 g/mol. The van der Waals surface area contributed by atoms with E-state index in [1.54, 1.807) is 13.2 Å². The fourth-order valence-electron chi connectivity index (χ4n) is 2.01. The van der Waals surface area contributed by atoms with E-state index in [1.807, 2.05) is 36.4 Å². The zero-order valence-corrected chi connectivity index (χ0v) is 10.1. The van der Waals surface area contributed by atoms with Crippen LogP contribution in [0.1, 0.15) is 12.5 Å². The van der Waals surface area contributed by atoms with Gasteiger partial charge in [-0.1, -0.05) is 43.3 Å². The summed E-state index contributed by atoms with van der Waals surface area (Å²) in [6, 6.07) is 13.4. The van der Waals surface area contributed by atoms with Gasteiger partial charge in [0, 0.05) is 0 Å². The molecule has 2 aromatic rings. The largest absolute Gasteiger partial charge is 0.507 e. The van der Waals surface area contributed by atoms with Crippen LogP contribution in [0.4, 0.5) is 0 Å². The summed E-state index contributed by atoms with van der Waals surface area (Å²) in [4.78, 5) is 0. The molecule has 0 aliphatic rings. The molecule has 2 aromatic carbocycles. The van der Waals surface area contributed by atoms with E-state index in [4.69, 9.17) is 4.74 Å². The number of hydrogen-bond donors (Lipinski definition) is 1. The summed E-state index contributed by atoms with van der Waals surface area (Å²) < 4.78 is 5.44. The van der Waals surface area contributed by atoms with Gasteiger partial charge in [-0.15, -0.1) is 0 Å². The van der Waals surface area contributed by atoms with Crippen molar-refractivity contribution in [2.75, 3.05) is 7.11 Å². The number of phenols is 1. The predicted octanol–water partition coefficient (Wildman–Crippen LogP) is 3.63. The Hall–Kier alpha value is -1.96. The van der Waals surface area contributed by atoms with Gasteiger partial charge in [0.15, 0.2) is 0 Å². The summed E-state index contributed by atoms with van der Waals surface area (Å²) in [6.45, 7) is 2.07. The number of ether oxygens (including phenoxy) is 1. The molecule has 0 unspecified atom stereocenters. The van der Waals surface area contributed by atoms with Crippen LogP contribution in [0.5, 0.6) is 11.5 Å². The SMILES string of the molecule is CCc1ccc(O)c(-c2ccccc2)c1OC. The number of phenolic OH excluding ortho intramolecular Hbond substituents is 1. The number of benzene rings is 2. The smallest absolute Gasteiger partial charge is 0.133 e. The van der Waals surface area contributed by atoms with Gasteiger partial charge in [-0.25, -0.2) is 0 Å². The molecule has 0 spiro atoms. The molecule has 0 aliphatic carbocycles. The molecule has 0 saturated carbocycles. The molecule has 88 valence electrons. The molecule has 2 rings (SSSR count). The minimum atomic E-state index is 0.255. The summed E-state index contributed by atoms with van der Waals surface area (Å²) in [5, 5.41) is 10.0. The second kappa shape index (κ2) is 4.91. The molecule has 0 heterocycles. The van der Waals surface area contributed by atoms with Gasteiger partial charge in [-0.3, -0.25) is 0 Å². The Morgan fingerprint density at radius 2 is 1.76 bits per heavy atom. The van der Waals surface area contributed by atoms with E-state index >= 15 is 0 Å². The van der Waals surface area contributed by atoms with Crippen LogP contribution in [0.2, 0.25) is 0 Å². The third kappa shape index (κ3) is 2.11. The average Bonchev–Trinajstić information content (AvgIpc) is 2.39. The average molecular weight is 228 g/mol. The maximum absolute atomic E-state index is 10.0. The fraction of sp³-hybridized carbons (Fsp3) is 0.200. The Labute approximate surface area is 101 Å². The van der Waals surface area contributed by atoms with Crippen molar-refractivity contribution in [3.63, 3.8) is 0 Å². The van der Waals surface area contributed by atoms with E-state index < -0.39 is 0 Å². The van der Waals surface area contributed by atoms with E-state index in [2.05, 4.69) is 6.92 Å². The van der Waals surface area contributed by atoms with Crippen LogP contribution in [0.25, 0.3) is 11.1 Å². The first kappa shape index (κ1) is 11.5. The van der Waals surface area contributed by atoms with Gasteiger partial charge in [0.25, 0.3) is 0 Å². The van der Waals surface area contributed by atoms with E-state index in [0.29, 0.717) is 0 Å². The highest BCUT2D eigenvalue weighted by atomic mass is 16.5. The molecule has 0 amide bonds. The number of rotatable bonds is 3.